The number of nitrogens with zero attached hydrogens (tertiary/aromatic N) is 3. The maximum atomic E-state index is 12.0. The molecule has 1 aromatic heterocycles. The number of benzene rings is 1. The van der Waals surface area contributed by atoms with Crippen molar-refractivity contribution in [1.29, 1.82) is 0 Å². The van der Waals surface area contributed by atoms with Crippen LogP contribution in [0.3, 0.4) is 0 Å². The second kappa shape index (κ2) is 5.43. The van der Waals surface area contributed by atoms with Gasteiger partial charge in [0.2, 0.25) is 0 Å². The summed E-state index contributed by atoms with van der Waals surface area (Å²) in [6, 6.07) is 9.27. The Kier molecular flexibility index (Phi) is 3.69. The first-order chi connectivity index (χ1) is 9.52. The first-order valence-corrected chi connectivity index (χ1v) is 5.92. The lowest BCUT2D eigenvalue weighted by molar-refractivity contribution is 0.692. The van der Waals surface area contributed by atoms with E-state index in [0.29, 0.717) is 0 Å². The quantitative estimate of drug-likeness (QED) is 0.613. The number of anilines is 2. The highest BCUT2D eigenvalue weighted by molar-refractivity contribution is 5.85. The molecule has 0 atom stereocenters. The van der Waals surface area contributed by atoms with E-state index >= 15 is 0 Å². The Bertz CT molecular complexity index is 759. The lowest BCUT2D eigenvalue weighted by Gasteiger charge is -2.08. The van der Waals surface area contributed by atoms with E-state index in [4.69, 9.17) is 5.73 Å². The van der Waals surface area contributed by atoms with Gasteiger partial charge in [-0.15, -0.1) is 0 Å². The molecule has 0 unspecified atom stereocenters. The molecule has 1 aromatic carbocycles. The van der Waals surface area contributed by atoms with Crippen molar-refractivity contribution in [3.63, 3.8) is 0 Å². The zero-order chi connectivity index (χ0) is 14.7. The number of hydrazone groups is 1. The van der Waals surface area contributed by atoms with Gasteiger partial charge in [-0.1, -0.05) is 18.2 Å². The third kappa shape index (κ3) is 2.46. The molecule has 0 aliphatic heterocycles. The van der Waals surface area contributed by atoms with Crippen LogP contribution >= 0.6 is 0 Å². The summed E-state index contributed by atoms with van der Waals surface area (Å²) >= 11 is 0. The van der Waals surface area contributed by atoms with Gasteiger partial charge in [0.25, 0.3) is 5.56 Å². The number of hydrogen-bond donors (Lipinski definition) is 2. The lowest BCUT2D eigenvalue weighted by atomic mass is 10.3. The molecule has 20 heavy (non-hydrogen) atoms. The predicted molar refractivity (Wildman–Crippen MR) is 79.0 cm³/mol. The van der Waals surface area contributed by atoms with E-state index in [9.17, 15) is 9.59 Å². The zero-order valence-electron chi connectivity index (χ0n) is 11.2. The van der Waals surface area contributed by atoms with Crippen molar-refractivity contribution in [2.45, 2.75) is 0 Å². The highest BCUT2D eigenvalue weighted by atomic mass is 16.2. The van der Waals surface area contributed by atoms with Crippen LogP contribution in [0.2, 0.25) is 0 Å². The summed E-state index contributed by atoms with van der Waals surface area (Å²) in [5, 5.41) is 3.96. The van der Waals surface area contributed by atoms with Crippen molar-refractivity contribution in [2.24, 2.45) is 19.2 Å². The predicted octanol–water partition coefficient (Wildman–Crippen LogP) is 0.112. The van der Waals surface area contributed by atoms with Gasteiger partial charge in [0.15, 0.2) is 0 Å². The lowest BCUT2D eigenvalue weighted by Crippen LogP contribution is -2.40. The summed E-state index contributed by atoms with van der Waals surface area (Å²) in [4.78, 5) is 23.6. The van der Waals surface area contributed by atoms with E-state index in [1.807, 2.05) is 30.3 Å². The molecule has 0 saturated carbocycles. The third-order valence-corrected chi connectivity index (χ3v) is 2.91. The molecule has 0 saturated heterocycles. The van der Waals surface area contributed by atoms with Gasteiger partial charge in [-0.05, 0) is 12.1 Å². The van der Waals surface area contributed by atoms with E-state index in [1.54, 1.807) is 0 Å². The van der Waals surface area contributed by atoms with Crippen molar-refractivity contribution in [3.8, 4) is 0 Å². The molecule has 2 aromatic rings. The summed E-state index contributed by atoms with van der Waals surface area (Å²) < 4.78 is 2.19. The van der Waals surface area contributed by atoms with E-state index in [1.165, 1.54) is 24.9 Å². The van der Waals surface area contributed by atoms with Crippen molar-refractivity contribution in [2.75, 3.05) is 11.2 Å². The number of nitrogens with two attached hydrogens (primary N) is 1. The van der Waals surface area contributed by atoms with Gasteiger partial charge in [0.05, 0.1) is 11.9 Å². The highest BCUT2D eigenvalue weighted by Gasteiger charge is 2.10. The molecular weight excluding hydrogens is 258 g/mol. The maximum Gasteiger partial charge on any atom is 0.332 e. The number of rotatable bonds is 3. The molecule has 0 radical (unpaired) electrons. The molecule has 0 amide bonds. The smallest absolute Gasteiger partial charge is 0.332 e. The summed E-state index contributed by atoms with van der Waals surface area (Å²) in [6.07, 6.45) is 1.31. The van der Waals surface area contributed by atoms with Crippen LogP contribution in [0.1, 0.15) is 5.56 Å². The second-order valence-corrected chi connectivity index (χ2v) is 4.24. The first kappa shape index (κ1) is 13.6. The van der Waals surface area contributed by atoms with E-state index in [2.05, 4.69) is 10.5 Å². The van der Waals surface area contributed by atoms with E-state index in [-0.39, 0.29) is 11.4 Å². The van der Waals surface area contributed by atoms with E-state index < -0.39 is 11.2 Å². The third-order valence-electron chi connectivity index (χ3n) is 2.91. The fraction of sp³-hybridized carbons (Fsp3) is 0.154. The van der Waals surface area contributed by atoms with Gasteiger partial charge < -0.3 is 5.73 Å². The molecule has 3 N–H and O–H groups in total. The molecule has 0 aliphatic rings. The summed E-state index contributed by atoms with van der Waals surface area (Å²) in [5.41, 5.74) is 8.54. The van der Waals surface area contributed by atoms with Crippen LogP contribution < -0.4 is 22.4 Å². The van der Waals surface area contributed by atoms with Crippen molar-refractivity contribution >= 4 is 17.7 Å². The molecule has 7 heteroatoms. The van der Waals surface area contributed by atoms with Crippen molar-refractivity contribution in [1.82, 2.24) is 9.13 Å². The van der Waals surface area contributed by atoms with Gasteiger partial charge in [-0.25, -0.2) is 4.79 Å². The average Bonchev–Trinajstić information content (AvgIpc) is 2.48. The zero-order valence-corrected chi connectivity index (χ0v) is 11.2. The Morgan fingerprint density at radius 3 is 2.45 bits per heavy atom. The monoisotopic (exact) mass is 273 g/mol. The fourth-order valence-corrected chi connectivity index (χ4v) is 1.69. The average molecular weight is 273 g/mol. The number of para-hydroxylation sites is 1. The molecule has 0 aliphatic carbocycles. The summed E-state index contributed by atoms with van der Waals surface area (Å²) in [5.74, 6) is 0.0803. The Morgan fingerprint density at radius 1 is 1.15 bits per heavy atom. The number of nitrogens with one attached hydrogen (secondary N) is 1. The number of nitrogen functional groups attached to an aromatic ring is 1. The van der Waals surface area contributed by atoms with Crippen LogP contribution in [-0.4, -0.2) is 15.3 Å². The number of hydrogen-bond acceptors (Lipinski definition) is 5. The van der Waals surface area contributed by atoms with Gasteiger partial charge >= 0.3 is 5.69 Å². The molecule has 0 fully saturated rings. The van der Waals surface area contributed by atoms with Gasteiger partial charge in [-0.3, -0.25) is 19.4 Å². The molecule has 2 rings (SSSR count). The van der Waals surface area contributed by atoms with Gasteiger partial charge in [-0.2, -0.15) is 5.10 Å². The normalized spacial score (nSPS) is 10.9. The maximum absolute atomic E-state index is 12.0. The standard InChI is InChI=1S/C13H15N5O2/c1-17-11(14)10(12(19)18(2)13(17)20)8-15-16-9-6-4-3-5-7-9/h3-8,16H,14H2,1-2H3. The topological polar surface area (TPSA) is 94.4 Å². The molecule has 104 valence electrons. The Morgan fingerprint density at radius 2 is 1.80 bits per heavy atom. The molecule has 7 nitrogen and oxygen atoms in total. The highest BCUT2D eigenvalue weighted by Crippen LogP contribution is 2.05. The molecule has 0 spiro atoms. The van der Waals surface area contributed by atoms with Crippen LogP contribution in [0.4, 0.5) is 11.5 Å². The first-order valence-electron chi connectivity index (χ1n) is 5.92. The van der Waals surface area contributed by atoms with Crippen LogP contribution in [0.5, 0.6) is 0 Å². The Hall–Kier alpha value is -2.83. The Balaban J connectivity index is 2.35. The molecular formula is C13H15N5O2. The second-order valence-electron chi connectivity index (χ2n) is 4.24. The van der Waals surface area contributed by atoms with Gasteiger partial charge in [0.1, 0.15) is 11.4 Å². The molecule has 1 heterocycles. The van der Waals surface area contributed by atoms with Crippen molar-refractivity contribution in [3.05, 3.63) is 56.7 Å². The number of aromatic nitrogens is 2. The minimum atomic E-state index is -0.482. The van der Waals surface area contributed by atoms with E-state index in [0.717, 1.165) is 10.3 Å². The molecule has 0 bridgehead atoms. The summed E-state index contributed by atoms with van der Waals surface area (Å²) in [6.45, 7) is 0. The largest absolute Gasteiger partial charge is 0.384 e. The van der Waals surface area contributed by atoms with Crippen LogP contribution in [0.25, 0.3) is 0 Å². The van der Waals surface area contributed by atoms with Crippen LogP contribution in [0, 0.1) is 0 Å². The fourth-order valence-electron chi connectivity index (χ4n) is 1.69. The van der Waals surface area contributed by atoms with Gasteiger partial charge in [0, 0.05) is 14.1 Å². The Labute approximate surface area is 115 Å². The minimum absolute atomic E-state index is 0.0803. The van der Waals surface area contributed by atoms with Crippen LogP contribution in [-0.2, 0) is 14.1 Å². The minimum Gasteiger partial charge on any atom is -0.384 e. The SMILES string of the molecule is Cn1c(N)c(C=NNc2ccccc2)c(=O)n(C)c1=O. The summed E-state index contributed by atoms with van der Waals surface area (Å²) in [7, 11) is 2.89. The van der Waals surface area contributed by atoms with Crippen LogP contribution in [0.15, 0.2) is 45.0 Å². The van der Waals surface area contributed by atoms with Crippen molar-refractivity contribution < 1.29 is 0 Å².